The van der Waals surface area contributed by atoms with Gasteiger partial charge >= 0.3 is 0 Å². The number of methoxy groups -OCH3 is 1. The van der Waals surface area contributed by atoms with Crippen LogP contribution in [0.4, 0.5) is 0 Å². The molecule has 0 saturated carbocycles. The molecule has 0 aliphatic heterocycles. The van der Waals surface area contributed by atoms with E-state index in [1.54, 1.807) is 7.11 Å². The molecule has 17 heavy (non-hydrogen) atoms. The van der Waals surface area contributed by atoms with Crippen LogP contribution < -0.4 is 5.73 Å². The molecule has 1 aromatic rings. The molecule has 0 aromatic carbocycles. The number of ether oxygens (including phenoxy) is 2. The number of hydrogen-bond donors (Lipinski definition) is 1. The molecule has 0 aliphatic rings. The molecule has 2 N–H and O–H groups in total. The zero-order chi connectivity index (χ0) is 12.5. The van der Waals surface area contributed by atoms with Crippen LogP contribution in [0.25, 0.3) is 0 Å². The molecular formula is C13H24N2O2. The third-order valence-corrected chi connectivity index (χ3v) is 2.50. The van der Waals surface area contributed by atoms with Gasteiger partial charge in [0, 0.05) is 45.3 Å². The maximum atomic E-state index is 5.76. The van der Waals surface area contributed by atoms with Crippen LogP contribution in [0.3, 0.4) is 0 Å². The van der Waals surface area contributed by atoms with Gasteiger partial charge in [-0.05, 0) is 31.4 Å². The molecule has 1 aromatic heterocycles. The number of hydrogen-bond acceptors (Lipinski definition) is 3. The van der Waals surface area contributed by atoms with Gasteiger partial charge in [0.15, 0.2) is 0 Å². The second-order valence-electron chi connectivity index (χ2n) is 4.40. The average Bonchev–Trinajstić information content (AvgIpc) is 2.70. The summed E-state index contributed by atoms with van der Waals surface area (Å²) in [5, 5.41) is 0. The highest BCUT2D eigenvalue weighted by molar-refractivity contribution is 5.11. The smallest absolute Gasteiger partial charge is 0.0645 e. The molecule has 0 saturated heterocycles. The van der Waals surface area contributed by atoms with E-state index in [0.29, 0.717) is 0 Å². The molecule has 1 rings (SSSR count). The first-order valence-electron chi connectivity index (χ1n) is 6.19. The van der Waals surface area contributed by atoms with E-state index in [9.17, 15) is 0 Å². The van der Waals surface area contributed by atoms with Crippen molar-refractivity contribution in [3.8, 4) is 0 Å². The normalized spacial score (nSPS) is 12.9. The first kappa shape index (κ1) is 14.2. The fraction of sp³-hybridized carbons (Fsp3) is 0.692. The molecule has 0 amide bonds. The molecule has 0 aliphatic carbocycles. The highest BCUT2D eigenvalue weighted by Crippen LogP contribution is 2.04. The number of rotatable bonds is 9. The second kappa shape index (κ2) is 8.28. The minimum atomic E-state index is 0.219. The Morgan fingerprint density at radius 3 is 2.88 bits per heavy atom. The molecule has 1 unspecified atom stereocenters. The summed E-state index contributed by atoms with van der Waals surface area (Å²) in [5.41, 5.74) is 7.05. The monoisotopic (exact) mass is 240 g/mol. The Bertz CT molecular complexity index is 297. The highest BCUT2D eigenvalue weighted by Gasteiger charge is 2.00. The molecule has 0 fully saturated rings. The molecule has 4 heteroatoms. The average molecular weight is 240 g/mol. The standard InChI is InChI=1S/C13H24N2O2/c1-12(14)10-13-4-5-15(11-13)6-9-17-8-3-7-16-2/h4-5,11-12H,3,6-10,14H2,1-2H3. The maximum absolute atomic E-state index is 5.76. The van der Waals surface area contributed by atoms with E-state index in [1.165, 1.54) is 5.56 Å². The summed E-state index contributed by atoms with van der Waals surface area (Å²) in [6, 6.07) is 2.34. The minimum absolute atomic E-state index is 0.219. The third-order valence-electron chi connectivity index (χ3n) is 2.50. The van der Waals surface area contributed by atoms with Crippen molar-refractivity contribution >= 4 is 0 Å². The van der Waals surface area contributed by atoms with Crippen molar-refractivity contribution in [1.29, 1.82) is 0 Å². The molecule has 0 bridgehead atoms. The van der Waals surface area contributed by atoms with Crippen LogP contribution >= 0.6 is 0 Å². The van der Waals surface area contributed by atoms with Gasteiger partial charge in [0.25, 0.3) is 0 Å². The van der Waals surface area contributed by atoms with E-state index in [0.717, 1.165) is 39.2 Å². The van der Waals surface area contributed by atoms with Crippen molar-refractivity contribution in [3.63, 3.8) is 0 Å². The topological polar surface area (TPSA) is 49.4 Å². The molecule has 4 nitrogen and oxygen atoms in total. The summed E-state index contributed by atoms with van der Waals surface area (Å²) in [6.45, 7) is 5.20. The van der Waals surface area contributed by atoms with Crippen molar-refractivity contribution in [2.75, 3.05) is 26.9 Å². The summed E-state index contributed by atoms with van der Waals surface area (Å²) in [6.07, 6.45) is 6.11. The molecule has 1 heterocycles. The molecular weight excluding hydrogens is 216 g/mol. The minimum Gasteiger partial charge on any atom is -0.385 e. The van der Waals surface area contributed by atoms with Crippen molar-refractivity contribution in [2.45, 2.75) is 32.4 Å². The van der Waals surface area contributed by atoms with Gasteiger partial charge in [0.05, 0.1) is 6.61 Å². The van der Waals surface area contributed by atoms with Gasteiger partial charge < -0.3 is 19.8 Å². The zero-order valence-electron chi connectivity index (χ0n) is 10.9. The van der Waals surface area contributed by atoms with Gasteiger partial charge in [-0.1, -0.05) is 0 Å². The van der Waals surface area contributed by atoms with Gasteiger partial charge in [-0.3, -0.25) is 0 Å². The Labute approximate surface area is 104 Å². The summed E-state index contributed by atoms with van der Waals surface area (Å²) in [5.74, 6) is 0. The van der Waals surface area contributed by atoms with E-state index in [2.05, 4.69) is 23.0 Å². The van der Waals surface area contributed by atoms with Crippen molar-refractivity contribution < 1.29 is 9.47 Å². The van der Waals surface area contributed by atoms with Crippen LogP contribution in [0.15, 0.2) is 18.5 Å². The van der Waals surface area contributed by atoms with E-state index >= 15 is 0 Å². The number of nitrogens with zero attached hydrogens (tertiary/aromatic N) is 1. The largest absolute Gasteiger partial charge is 0.385 e. The van der Waals surface area contributed by atoms with E-state index < -0.39 is 0 Å². The lowest BCUT2D eigenvalue weighted by atomic mass is 10.1. The predicted octanol–water partition coefficient (Wildman–Crippen LogP) is 1.43. The lowest BCUT2D eigenvalue weighted by Crippen LogP contribution is -2.17. The summed E-state index contributed by atoms with van der Waals surface area (Å²) in [4.78, 5) is 0. The molecule has 98 valence electrons. The summed E-state index contributed by atoms with van der Waals surface area (Å²) >= 11 is 0. The highest BCUT2D eigenvalue weighted by atomic mass is 16.5. The van der Waals surface area contributed by atoms with Crippen LogP contribution in [0.1, 0.15) is 18.9 Å². The predicted molar refractivity (Wildman–Crippen MR) is 69.1 cm³/mol. The van der Waals surface area contributed by atoms with Crippen molar-refractivity contribution in [2.24, 2.45) is 5.73 Å². The first-order chi connectivity index (χ1) is 8.22. The lowest BCUT2D eigenvalue weighted by molar-refractivity contribution is 0.0977. The van der Waals surface area contributed by atoms with Gasteiger partial charge in [-0.15, -0.1) is 0 Å². The van der Waals surface area contributed by atoms with Gasteiger partial charge in [0.1, 0.15) is 0 Å². The Morgan fingerprint density at radius 1 is 1.35 bits per heavy atom. The molecule has 0 spiro atoms. The van der Waals surface area contributed by atoms with Crippen LogP contribution in [0.5, 0.6) is 0 Å². The van der Waals surface area contributed by atoms with Crippen LogP contribution in [0, 0.1) is 0 Å². The summed E-state index contributed by atoms with van der Waals surface area (Å²) < 4.78 is 12.6. The molecule has 1 atom stereocenters. The lowest BCUT2D eigenvalue weighted by Gasteiger charge is -2.05. The SMILES string of the molecule is COCCCOCCn1ccc(CC(C)N)c1. The van der Waals surface area contributed by atoms with E-state index in [1.807, 2.05) is 6.92 Å². The van der Waals surface area contributed by atoms with Crippen LogP contribution in [-0.2, 0) is 22.4 Å². The number of nitrogens with two attached hydrogens (primary N) is 1. The quantitative estimate of drug-likeness (QED) is 0.664. The fourth-order valence-corrected chi connectivity index (χ4v) is 1.70. The third kappa shape index (κ3) is 6.46. The maximum Gasteiger partial charge on any atom is 0.0645 e. The van der Waals surface area contributed by atoms with Gasteiger partial charge in [0.2, 0.25) is 0 Å². The van der Waals surface area contributed by atoms with E-state index in [-0.39, 0.29) is 6.04 Å². The summed E-state index contributed by atoms with van der Waals surface area (Å²) in [7, 11) is 1.71. The zero-order valence-corrected chi connectivity index (χ0v) is 10.9. The fourth-order valence-electron chi connectivity index (χ4n) is 1.70. The van der Waals surface area contributed by atoms with Crippen LogP contribution in [0.2, 0.25) is 0 Å². The first-order valence-corrected chi connectivity index (χ1v) is 6.19. The van der Waals surface area contributed by atoms with Crippen molar-refractivity contribution in [3.05, 3.63) is 24.0 Å². The Morgan fingerprint density at radius 2 is 2.18 bits per heavy atom. The second-order valence-corrected chi connectivity index (χ2v) is 4.40. The van der Waals surface area contributed by atoms with Crippen LogP contribution in [-0.4, -0.2) is 37.5 Å². The Balaban J connectivity index is 2.12. The van der Waals surface area contributed by atoms with Gasteiger partial charge in [-0.25, -0.2) is 0 Å². The number of aromatic nitrogens is 1. The Hall–Kier alpha value is -0.840. The van der Waals surface area contributed by atoms with E-state index in [4.69, 9.17) is 15.2 Å². The Kier molecular flexibility index (Phi) is 6.93. The molecule has 0 radical (unpaired) electrons. The van der Waals surface area contributed by atoms with Crippen molar-refractivity contribution in [1.82, 2.24) is 4.57 Å². The van der Waals surface area contributed by atoms with Gasteiger partial charge in [-0.2, -0.15) is 0 Å².